The number of ether oxygens (including phenoxy) is 1. The molecule has 0 aliphatic rings. The first-order chi connectivity index (χ1) is 13.3. The number of carbonyl (C=O) groups excluding carboxylic acids is 1. The minimum absolute atomic E-state index is 0.0648. The molecule has 2 aromatic heterocycles. The second-order valence-corrected chi connectivity index (χ2v) is 7.17. The molecule has 0 unspecified atom stereocenters. The largest absolute Gasteiger partial charge is 0.462 e. The van der Waals surface area contributed by atoms with Crippen LogP contribution in [-0.2, 0) is 18.3 Å². The Balaban J connectivity index is 2.23. The topological polar surface area (TPSA) is 66.1 Å². The van der Waals surface area contributed by atoms with E-state index in [-0.39, 0.29) is 18.7 Å². The average molecular weight is 441 g/mol. The minimum Gasteiger partial charge on any atom is -0.462 e. The summed E-state index contributed by atoms with van der Waals surface area (Å²) in [5, 5.41) is 5.16. The van der Waals surface area contributed by atoms with Gasteiger partial charge in [0.2, 0.25) is 0 Å². The Morgan fingerprint density at radius 2 is 1.89 bits per heavy atom. The van der Waals surface area contributed by atoms with Gasteiger partial charge in [0.15, 0.2) is 10.6 Å². The Hall–Kier alpha value is -2.28. The molecule has 28 heavy (non-hydrogen) atoms. The zero-order valence-corrected chi connectivity index (χ0v) is 17.3. The Morgan fingerprint density at radius 3 is 2.50 bits per heavy atom. The molecule has 0 saturated carbocycles. The number of benzene rings is 1. The fraction of sp³-hybridized carbons (Fsp3) is 0.211. The standard InChI is InChI=1S/C19H16Cl3N3O3/c1-3-28-19(27)17-15(26)9-12(10-25-7-6-16(22)23-25)24(2)18(17)11-4-5-13(20)14(21)8-11/h4-9H,3,10H2,1-2H3. The zero-order valence-electron chi connectivity index (χ0n) is 15.1. The SMILES string of the molecule is CCOC(=O)c1c(-c2ccc(Cl)c(Cl)c2)n(C)c(Cn2ccc(Cl)n2)cc1=O. The molecule has 0 saturated heterocycles. The Labute approximate surface area is 176 Å². The molecular formula is C19H16Cl3N3O3. The summed E-state index contributed by atoms with van der Waals surface area (Å²) >= 11 is 18.0. The van der Waals surface area contributed by atoms with Crippen LogP contribution in [0.1, 0.15) is 23.0 Å². The van der Waals surface area contributed by atoms with Crippen LogP contribution in [0.5, 0.6) is 0 Å². The summed E-state index contributed by atoms with van der Waals surface area (Å²) in [4.78, 5) is 25.3. The summed E-state index contributed by atoms with van der Waals surface area (Å²) < 4.78 is 8.43. The van der Waals surface area contributed by atoms with Crippen LogP contribution in [-0.4, -0.2) is 26.9 Å². The van der Waals surface area contributed by atoms with Gasteiger partial charge in [0.05, 0.1) is 28.9 Å². The van der Waals surface area contributed by atoms with Gasteiger partial charge < -0.3 is 9.30 Å². The number of halogens is 3. The number of hydrogen-bond acceptors (Lipinski definition) is 4. The van der Waals surface area contributed by atoms with Crippen molar-refractivity contribution >= 4 is 40.8 Å². The Bertz CT molecular complexity index is 1110. The molecule has 3 rings (SSSR count). The molecule has 0 fully saturated rings. The molecule has 0 N–H and O–H groups in total. The van der Waals surface area contributed by atoms with Crippen LogP contribution in [0.15, 0.2) is 41.3 Å². The minimum atomic E-state index is -0.696. The second kappa shape index (κ2) is 8.39. The summed E-state index contributed by atoms with van der Waals surface area (Å²) in [5.74, 6) is -0.696. The molecule has 1 aromatic carbocycles. The molecular weight excluding hydrogens is 425 g/mol. The van der Waals surface area contributed by atoms with Crippen LogP contribution in [0, 0.1) is 0 Å². The number of carbonyl (C=O) groups is 1. The van der Waals surface area contributed by atoms with Gasteiger partial charge in [-0.1, -0.05) is 40.9 Å². The molecule has 2 heterocycles. The summed E-state index contributed by atoms with van der Waals surface area (Å²) in [6, 6.07) is 7.95. The molecule has 0 bridgehead atoms. The third kappa shape index (κ3) is 4.09. The van der Waals surface area contributed by atoms with Gasteiger partial charge in [0, 0.05) is 30.6 Å². The maximum Gasteiger partial charge on any atom is 0.344 e. The molecule has 146 valence electrons. The third-order valence-electron chi connectivity index (χ3n) is 4.15. The van der Waals surface area contributed by atoms with E-state index in [1.54, 1.807) is 53.7 Å². The molecule has 0 amide bonds. The normalized spacial score (nSPS) is 10.9. The van der Waals surface area contributed by atoms with Crippen molar-refractivity contribution in [3.63, 3.8) is 0 Å². The molecule has 0 atom stereocenters. The van der Waals surface area contributed by atoms with Crippen molar-refractivity contribution < 1.29 is 9.53 Å². The smallest absolute Gasteiger partial charge is 0.344 e. The first-order valence-electron chi connectivity index (χ1n) is 8.36. The van der Waals surface area contributed by atoms with E-state index in [0.29, 0.717) is 32.1 Å². The lowest BCUT2D eigenvalue weighted by atomic mass is 10.0. The van der Waals surface area contributed by atoms with Crippen LogP contribution in [0.3, 0.4) is 0 Å². The number of pyridine rings is 1. The first kappa shape index (κ1) is 20.5. The Morgan fingerprint density at radius 1 is 1.14 bits per heavy atom. The van der Waals surface area contributed by atoms with Crippen LogP contribution in [0.2, 0.25) is 15.2 Å². The lowest BCUT2D eigenvalue weighted by Crippen LogP contribution is -2.25. The highest BCUT2D eigenvalue weighted by Gasteiger charge is 2.23. The van der Waals surface area contributed by atoms with E-state index < -0.39 is 11.4 Å². The van der Waals surface area contributed by atoms with Crippen LogP contribution >= 0.6 is 34.8 Å². The van der Waals surface area contributed by atoms with Crippen molar-refractivity contribution in [3.05, 3.63) is 73.2 Å². The maximum absolute atomic E-state index is 12.8. The van der Waals surface area contributed by atoms with Crippen molar-refractivity contribution in [3.8, 4) is 11.3 Å². The van der Waals surface area contributed by atoms with Gasteiger partial charge in [-0.2, -0.15) is 5.10 Å². The van der Waals surface area contributed by atoms with E-state index in [0.717, 1.165) is 0 Å². The second-order valence-electron chi connectivity index (χ2n) is 5.97. The van der Waals surface area contributed by atoms with E-state index in [4.69, 9.17) is 39.5 Å². The summed E-state index contributed by atoms with van der Waals surface area (Å²) in [6.45, 7) is 2.11. The van der Waals surface area contributed by atoms with Gasteiger partial charge in [-0.05, 0) is 25.1 Å². The monoisotopic (exact) mass is 439 g/mol. The van der Waals surface area contributed by atoms with Gasteiger partial charge in [-0.3, -0.25) is 9.48 Å². The highest BCUT2D eigenvalue weighted by atomic mass is 35.5. The fourth-order valence-corrected chi connectivity index (χ4v) is 3.32. The lowest BCUT2D eigenvalue weighted by molar-refractivity contribution is 0.0525. The first-order valence-corrected chi connectivity index (χ1v) is 9.49. The van der Waals surface area contributed by atoms with Gasteiger partial charge in [0.1, 0.15) is 5.56 Å². The van der Waals surface area contributed by atoms with Crippen LogP contribution < -0.4 is 5.43 Å². The van der Waals surface area contributed by atoms with Crippen molar-refractivity contribution in [2.24, 2.45) is 7.05 Å². The number of nitrogens with zero attached hydrogens (tertiary/aromatic N) is 3. The highest BCUT2D eigenvalue weighted by molar-refractivity contribution is 6.42. The molecule has 6 nitrogen and oxygen atoms in total. The molecule has 0 aliphatic carbocycles. The summed E-state index contributed by atoms with van der Waals surface area (Å²) in [7, 11) is 1.75. The van der Waals surface area contributed by atoms with E-state index in [1.807, 2.05) is 0 Å². The van der Waals surface area contributed by atoms with E-state index in [9.17, 15) is 9.59 Å². The predicted molar refractivity (Wildman–Crippen MR) is 109 cm³/mol. The number of rotatable bonds is 5. The lowest BCUT2D eigenvalue weighted by Gasteiger charge is -2.18. The zero-order chi connectivity index (χ0) is 20.4. The fourth-order valence-electron chi connectivity index (χ4n) is 2.87. The van der Waals surface area contributed by atoms with Gasteiger partial charge in [-0.15, -0.1) is 0 Å². The maximum atomic E-state index is 12.8. The quantitative estimate of drug-likeness (QED) is 0.550. The van der Waals surface area contributed by atoms with Crippen LogP contribution in [0.25, 0.3) is 11.3 Å². The number of esters is 1. The van der Waals surface area contributed by atoms with Gasteiger partial charge >= 0.3 is 5.97 Å². The van der Waals surface area contributed by atoms with Crippen molar-refractivity contribution in [1.29, 1.82) is 0 Å². The molecule has 0 aliphatic heterocycles. The van der Waals surface area contributed by atoms with Crippen LogP contribution in [0.4, 0.5) is 0 Å². The molecule has 9 heteroatoms. The molecule has 3 aromatic rings. The average Bonchev–Trinajstić information content (AvgIpc) is 3.05. The highest BCUT2D eigenvalue weighted by Crippen LogP contribution is 2.30. The van der Waals surface area contributed by atoms with E-state index in [1.165, 1.54) is 6.07 Å². The van der Waals surface area contributed by atoms with Crippen molar-refractivity contribution in [1.82, 2.24) is 14.3 Å². The van der Waals surface area contributed by atoms with Crippen molar-refractivity contribution in [2.45, 2.75) is 13.5 Å². The number of hydrogen-bond donors (Lipinski definition) is 0. The predicted octanol–water partition coefficient (Wildman–Crippen LogP) is 4.43. The third-order valence-corrected chi connectivity index (χ3v) is 5.09. The number of aromatic nitrogens is 3. The van der Waals surface area contributed by atoms with E-state index >= 15 is 0 Å². The van der Waals surface area contributed by atoms with Gasteiger partial charge in [-0.25, -0.2) is 4.79 Å². The molecule has 0 radical (unpaired) electrons. The molecule has 0 spiro atoms. The van der Waals surface area contributed by atoms with E-state index in [2.05, 4.69) is 5.10 Å². The summed E-state index contributed by atoms with van der Waals surface area (Å²) in [5.41, 5.74) is 1.06. The Kier molecular flexibility index (Phi) is 6.13. The van der Waals surface area contributed by atoms with Gasteiger partial charge in [0.25, 0.3) is 0 Å². The van der Waals surface area contributed by atoms with Crippen molar-refractivity contribution in [2.75, 3.05) is 6.61 Å². The summed E-state index contributed by atoms with van der Waals surface area (Å²) in [6.07, 6.45) is 1.70.